The predicted molar refractivity (Wildman–Crippen MR) is 82.8 cm³/mol. The number of amides is 1. The van der Waals surface area contributed by atoms with Crippen molar-refractivity contribution in [1.82, 2.24) is 5.32 Å². The van der Waals surface area contributed by atoms with Gasteiger partial charge in [-0.05, 0) is 19.4 Å². The van der Waals surface area contributed by atoms with E-state index < -0.39 is 22.7 Å². The van der Waals surface area contributed by atoms with Crippen LogP contribution in [0, 0.1) is 23.0 Å². The highest BCUT2D eigenvalue weighted by Gasteiger charge is 2.22. The molecule has 8 heteroatoms. The maximum absolute atomic E-state index is 12.1. The van der Waals surface area contributed by atoms with Crippen molar-refractivity contribution in [2.45, 2.75) is 26.7 Å². The Balaban J connectivity index is 2.97. The summed E-state index contributed by atoms with van der Waals surface area (Å²) in [6.07, 6.45) is 1.11. The minimum Gasteiger partial charge on any atom is -0.496 e. The van der Waals surface area contributed by atoms with Gasteiger partial charge in [0.2, 0.25) is 0 Å². The van der Waals surface area contributed by atoms with Gasteiger partial charge < -0.3 is 15.2 Å². The molecule has 0 aromatic heterocycles. The largest absolute Gasteiger partial charge is 0.496 e. The Morgan fingerprint density at radius 3 is 2.57 bits per heavy atom. The molecule has 0 saturated heterocycles. The number of hydrogen-bond acceptors (Lipinski definition) is 5. The van der Waals surface area contributed by atoms with E-state index in [0.717, 1.165) is 6.07 Å². The number of nitro groups is 1. The monoisotopic (exact) mass is 324 g/mol. The average molecular weight is 324 g/mol. The number of nitro benzene ring substituents is 1. The molecule has 0 bridgehead atoms. The molecule has 0 aliphatic heterocycles. The molecular weight excluding hydrogens is 304 g/mol. The van der Waals surface area contributed by atoms with E-state index in [-0.39, 0.29) is 23.5 Å². The van der Waals surface area contributed by atoms with Crippen molar-refractivity contribution in [3.63, 3.8) is 0 Å². The van der Waals surface area contributed by atoms with Gasteiger partial charge in [0.1, 0.15) is 5.75 Å². The fourth-order valence-corrected chi connectivity index (χ4v) is 2.18. The van der Waals surface area contributed by atoms with Crippen LogP contribution in [0.5, 0.6) is 5.75 Å². The number of rotatable bonds is 8. The predicted octanol–water partition coefficient (Wildman–Crippen LogP) is 2.14. The summed E-state index contributed by atoms with van der Waals surface area (Å²) in [7, 11) is 1.36. The number of carbonyl (C=O) groups excluding carboxylic acids is 1. The van der Waals surface area contributed by atoms with Gasteiger partial charge in [-0.3, -0.25) is 19.7 Å². The van der Waals surface area contributed by atoms with Crippen LogP contribution in [-0.2, 0) is 4.79 Å². The number of hydrogen-bond donors (Lipinski definition) is 2. The van der Waals surface area contributed by atoms with Crippen molar-refractivity contribution in [2.24, 2.45) is 5.92 Å². The van der Waals surface area contributed by atoms with Gasteiger partial charge in [-0.2, -0.15) is 0 Å². The van der Waals surface area contributed by atoms with Gasteiger partial charge in [0.05, 0.1) is 23.5 Å². The summed E-state index contributed by atoms with van der Waals surface area (Å²) >= 11 is 0. The lowest BCUT2D eigenvalue weighted by Crippen LogP contribution is -2.33. The molecule has 1 aromatic carbocycles. The molecule has 0 heterocycles. The Morgan fingerprint density at radius 1 is 1.43 bits per heavy atom. The second-order valence-corrected chi connectivity index (χ2v) is 5.11. The number of carboxylic acids is 1. The second kappa shape index (κ2) is 8.11. The molecule has 0 fully saturated rings. The van der Waals surface area contributed by atoms with E-state index >= 15 is 0 Å². The summed E-state index contributed by atoms with van der Waals surface area (Å²) < 4.78 is 5.05. The summed E-state index contributed by atoms with van der Waals surface area (Å²) in [6.45, 7) is 3.35. The van der Waals surface area contributed by atoms with E-state index in [0.29, 0.717) is 18.4 Å². The molecule has 0 spiro atoms. The van der Waals surface area contributed by atoms with Gasteiger partial charge >= 0.3 is 5.97 Å². The van der Waals surface area contributed by atoms with E-state index in [9.17, 15) is 19.7 Å². The third-order valence-electron chi connectivity index (χ3n) is 3.51. The lowest BCUT2D eigenvalue weighted by Gasteiger charge is -2.13. The molecule has 2 N–H and O–H groups in total. The van der Waals surface area contributed by atoms with Gasteiger partial charge in [0.25, 0.3) is 11.6 Å². The first kappa shape index (κ1) is 18.4. The highest BCUT2D eigenvalue weighted by molar-refractivity contribution is 5.95. The van der Waals surface area contributed by atoms with Crippen LogP contribution in [0.2, 0.25) is 0 Å². The Kier molecular flexibility index (Phi) is 6.49. The van der Waals surface area contributed by atoms with E-state index in [1.807, 2.05) is 6.92 Å². The van der Waals surface area contributed by atoms with E-state index in [1.54, 1.807) is 0 Å². The first-order valence-corrected chi connectivity index (χ1v) is 7.15. The van der Waals surface area contributed by atoms with Gasteiger partial charge in [-0.1, -0.05) is 13.3 Å². The van der Waals surface area contributed by atoms with Crippen molar-refractivity contribution in [1.29, 1.82) is 0 Å². The minimum absolute atomic E-state index is 0.0357. The third kappa shape index (κ3) is 4.67. The highest BCUT2D eigenvalue weighted by atomic mass is 16.6. The molecule has 23 heavy (non-hydrogen) atoms. The Morgan fingerprint density at radius 2 is 2.09 bits per heavy atom. The molecule has 0 aliphatic carbocycles. The molecule has 1 unspecified atom stereocenters. The van der Waals surface area contributed by atoms with Gasteiger partial charge in [0.15, 0.2) is 0 Å². The summed E-state index contributed by atoms with van der Waals surface area (Å²) in [5.41, 5.74) is 0.154. The summed E-state index contributed by atoms with van der Waals surface area (Å²) in [5, 5.41) is 22.6. The lowest BCUT2D eigenvalue weighted by atomic mass is 10.0. The standard InChI is InChI=1S/C15H20N2O6/c1-4-5-10(15(19)20)8-16-14(18)11-6-12(17(21)22)9(2)13(7-11)23-3/h6-7,10H,4-5,8H2,1-3H3,(H,16,18)(H,19,20). The van der Waals surface area contributed by atoms with E-state index in [2.05, 4.69) is 5.32 Å². The molecule has 0 aliphatic rings. The van der Waals surface area contributed by atoms with E-state index in [1.165, 1.54) is 20.1 Å². The molecule has 1 rings (SSSR count). The molecule has 0 radical (unpaired) electrons. The zero-order chi connectivity index (χ0) is 17.6. The maximum Gasteiger partial charge on any atom is 0.308 e. The molecule has 126 valence electrons. The fourth-order valence-electron chi connectivity index (χ4n) is 2.18. The molecule has 1 aromatic rings. The Labute approximate surface area is 133 Å². The van der Waals surface area contributed by atoms with Crippen LogP contribution < -0.4 is 10.1 Å². The first-order valence-electron chi connectivity index (χ1n) is 7.15. The van der Waals surface area contributed by atoms with Crippen LogP contribution in [0.3, 0.4) is 0 Å². The molecular formula is C15H20N2O6. The van der Waals surface area contributed by atoms with Crippen molar-refractivity contribution in [3.8, 4) is 5.75 Å². The fraction of sp³-hybridized carbons (Fsp3) is 0.467. The van der Waals surface area contributed by atoms with Crippen LogP contribution in [0.4, 0.5) is 5.69 Å². The van der Waals surface area contributed by atoms with Gasteiger partial charge in [-0.25, -0.2) is 0 Å². The van der Waals surface area contributed by atoms with Gasteiger partial charge in [-0.15, -0.1) is 0 Å². The number of aliphatic carboxylic acids is 1. The number of benzene rings is 1. The molecule has 8 nitrogen and oxygen atoms in total. The van der Waals surface area contributed by atoms with Crippen LogP contribution in [0.25, 0.3) is 0 Å². The number of nitrogens with zero attached hydrogens (tertiary/aromatic N) is 1. The zero-order valence-electron chi connectivity index (χ0n) is 13.3. The van der Waals surface area contributed by atoms with Crippen molar-refractivity contribution >= 4 is 17.6 Å². The van der Waals surface area contributed by atoms with Gasteiger partial charge in [0, 0.05) is 18.2 Å². The molecule has 1 amide bonds. The maximum atomic E-state index is 12.1. The Bertz CT molecular complexity index is 614. The average Bonchev–Trinajstić information content (AvgIpc) is 2.50. The quantitative estimate of drug-likeness (QED) is 0.558. The SMILES string of the molecule is CCCC(CNC(=O)c1cc(OC)c(C)c([N+](=O)[O-])c1)C(=O)O. The van der Waals surface area contributed by atoms with Crippen molar-refractivity contribution in [3.05, 3.63) is 33.4 Å². The van der Waals surface area contributed by atoms with Crippen LogP contribution in [-0.4, -0.2) is 35.6 Å². The van der Waals surface area contributed by atoms with E-state index in [4.69, 9.17) is 9.84 Å². The smallest absolute Gasteiger partial charge is 0.308 e. The number of carboxylic acid groups (broad SMARTS) is 1. The number of nitrogens with one attached hydrogen (secondary N) is 1. The summed E-state index contributed by atoms with van der Waals surface area (Å²) in [4.78, 5) is 33.7. The topological polar surface area (TPSA) is 119 Å². The number of carbonyl (C=O) groups is 2. The number of ether oxygens (including phenoxy) is 1. The summed E-state index contributed by atoms with van der Waals surface area (Å²) in [5.74, 6) is -2.02. The molecule has 0 saturated carbocycles. The first-order chi connectivity index (χ1) is 10.8. The second-order valence-electron chi connectivity index (χ2n) is 5.11. The number of methoxy groups -OCH3 is 1. The van der Waals surface area contributed by atoms with Crippen LogP contribution >= 0.6 is 0 Å². The zero-order valence-corrected chi connectivity index (χ0v) is 13.3. The lowest BCUT2D eigenvalue weighted by molar-refractivity contribution is -0.385. The highest BCUT2D eigenvalue weighted by Crippen LogP contribution is 2.29. The minimum atomic E-state index is -0.986. The normalized spacial score (nSPS) is 11.6. The van der Waals surface area contributed by atoms with Crippen LogP contribution in [0.1, 0.15) is 35.7 Å². The third-order valence-corrected chi connectivity index (χ3v) is 3.51. The van der Waals surface area contributed by atoms with Crippen molar-refractivity contribution < 1.29 is 24.4 Å². The molecule has 1 atom stereocenters. The summed E-state index contributed by atoms with van der Waals surface area (Å²) in [6, 6.07) is 2.55. The van der Waals surface area contributed by atoms with Crippen LogP contribution in [0.15, 0.2) is 12.1 Å². The van der Waals surface area contributed by atoms with Crippen molar-refractivity contribution in [2.75, 3.05) is 13.7 Å². The Hall–Kier alpha value is -2.64.